The van der Waals surface area contributed by atoms with E-state index in [1.807, 2.05) is 18.2 Å². The largest absolute Gasteiger partial charge is 0.356 e. The van der Waals surface area contributed by atoms with Crippen LogP contribution in [0.1, 0.15) is 25.7 Å². The van der Waals surface area contributed by atoms with Crippen molar-refractivity contribution in [3.63, 3.8) is 0 Å². The maximum absolute atomic E-state index is 6.07. The molecular formula is C15H20ClN3. The van der Waals surface area contributed by atoms with Crippen LogP contribution in [0.25, 0.3) is 11.0 Å². The van der Waals surface area contributed by atoms with E-state index in [-0.39, 0.29) is 0 Å². The van der Waals surface area contributed by atoms with E-state index in [1.54, 1.807) is 0 Å². The van der Waals surface area contributed by atoms with Crippen LogP contribution < -0.4 is 5.32 Å². The molecule has 1 aliphatic carbocycles. The Kier molecular flexibility index (Phi) is 3.92. The summed E-state index contributed by atoms with van der Waals surface area (Å²) in [5, 5.41) is 3.44. The summed E-state index contributed by atoms with van der Waals surface area (Å²) in [6.45, 7) is 0.969. The van der Waals surface area contributed by atoms with Crippen LogP contribution in [0.3, 0.4) is 0 Å². The average Bonchev–Trinajstić information content (AvgIpc) is 2.88. The average molecular weight is 278 g/mol. The van der Waals surface area contributed by atoms with Gasteiger partial charge in [-0.25, -0.2) is 4.98 Å². The molecule has 3 nitrogen and oxygen atoms in total. The first-order valence-electron chi connectivity index (χ1n) is 7.11. The molecule has 1 heterocycles. The van der Waals surface area contributed by atoms with E-state index in [4.69, 9.17) is 11.6 Å². The fourth-order valence-corrected chi connectivity index (χ4v) is 3.43. The summed E-state index contributed by atoms with van der Waals surface area (Å²) in [4.78, 5) is 7.86. The molecule has 0 bridgehead atoms. The number of H-pyrrole nitrogens is 1. The molecule has 1 saturated carbocycles. The third kappa shape index (κ3) is 2.86. The summed E-state index contributed by atoms with van der Waals surface area (Å²) in [5.74, 6) is 3.00. The lowest BCUT2D eigenvalue weighted by Crippen LogP contribution is -2.27. The summed E-state index contributed by atoms with van der Waals surface area (Å²) in [6, 6.07) is 8.11. The molecule has 4 heteroatoms. The number of para-hydroxylation sites is 2. The number of benzene rings is 1. The Morgan fingerprint density at radius 3 is 2.79 bits per heavy atom. The first-order valence-corrected chi connectivity index (χ1v) is 7.65. The highest BCUT2D eigenvalue weighted by Gasteiger charge is 2.24. The van der Waals surface area contributed by atoms with Gasteiger partial charge in [-0.1, -0.05) is 25.0 Å². The molecule has 2 unspecified atom stereocenters. The molecular weight excluding hydrogens is 258 g/mol. The van der Waals surface area contributed by atoms with Crippen molar-refractivity contribution >= 4 is 28.6 Å². The second kappa shape index (κ2) is 5.83. The van der Waals surface area contributed by atoms with Crippen LogP contribution in [0, 0.1) is 11.8 Å². The third-order valence-corrected chi connectivity index (χ3v) is 4.58. The first kappa shape index (κ1) is 12.8. The molecule has 0 saturated heterocycles. The number of nitrogens with one attached hydrogen (secondary N) is 2. The second-order valence-electron chi connectivity index (χ2n) is 5.44. The maximum atomic E-state index is 6.07. The summed E-state index contributed by atoms with van der Waals surface area (Å²) in [7, 11) is 0. The summed E-state index contributed by atoms with van der Waals surface area (Å²) < 4.78 is 0. The molecule has 0 spiro atoms. The highest BCUT2D eigenvalue weighted by Crippen LogP contribution is 2.31. The fraction of sp³-hybridized carbons (Fsp3) is 0.533. The predicted molar refractivity (Wildman–Crippen MR) is 80.8 cm³/mol. The van der Waals surface area contributed by atoms with Crippen LogP contribution in [0.2, 0.25) is 0 Å². The van der Waals surface area contributed by atoms with E-state index in [9.17, 15) is 0 Å². The van der Waals surface area contributed by atoms with Crippen molar-refractivity contribution < 1.29 is 0 Å². The topological polar surface area (TPSA) is 40.7 Å². The van der Waals surface area contributed by atoms with Crippen molar-refractivity contribution in [3.05, 3.63) is 24.3 Å². The second-order valence-corrected chi connectivity index (χ2v) is 5.75. The Labute approximate surface area is 118 Å². The number of anilines is 1. The van der Waals surface area contributed by atoms with Gasteiger partial charge in [-0.15, -0.1) is 11.6 Å². The normalized spacial score (nSPS) is 23.6. The molecule has 102 valence electrons. The van der Waals surface area contributed by atoms with Gasteiger partial charge in [0.25, 0.3) is 0 Å². The van der Waals surface area contributed by atoms with Crippen LogP contribution in [0.5, 0.6) is 0 Å². The van der Waals surface area contributed by atoms with Gasteiger partial charge in [0, 0.05) is 12.4 Å². The predicted octanol–water partition coefficient (Wildman–Crippen LogP) is 4.02. The Morgan fingerprint density at radius 1 is 1.21 bits per heavy atom. The molecule has 1 aliphatic rings. The van der Waals surface area contributed by atoms with Gasteiger partial charge >= 0.3 is 0 Å². The number of alkyl halides is 1. The van der Waals surface area contributed by atoms with E-state index in [0.29, 0.717) is 11.8 Å². The molecule has 1 aromatic carbocycles. The van der Waals surface area contributed by atoms with E-state index < -0.39 is 0 Å². The van der Waals surface area contributed by atoms with Gasteiger partial charge in [0.1, 0.15) is 0 Å². The monoisotopic (exact) mass is 277 g/mol. The number of halogens is 1. The fourth-order valence-electron chi connectivity index (χ4n) is 3.02. The van der Waals surface area contributed by atoms with Crippen molar-refractivity contribution in [2.75, 3.05) is 17.7 Å². The first-order chi connectivity index (χ1) is 9.36. The van der Waals surface area contributed by atoms with Gasteiger partial charge in [0.05, 0.1) is 11.0 Å². The van der Waals surface area contributed by atoms with Gasteiger partial charge in [0.15, 0.2) is 0 Å². The summed E-state index contributed by atoms with van der Waals surface area (Å²) >= 11 is 6.07. The molecule has 1 aromatic heterocycles. The lowest BCUT2D eigenvalue weighted by Gasteiger charge is -2.30. The minimum atomic E-state index is 0.660. The Morgan fingerprint density at radius 2 is 2.00 bits per heavy atom. The van der Waals surface area contributed by atoms with Gasteiger partial charge in [0.2, 0.25) is 5.95 Å². The number of hydrogen-bond donors (Lipinski definition) is 2. The van der Waals surface area contributed by atoms with Gasteiger partial charge < -0.3 is 10.3 Å². The van der Waals surface area contributed by atoms with Gasteiger partial charge in [-0.3, -0.25) is 0 Å². The van der Waals surface area contributed by atoms with E-state index >= 15 is 0 Å². The number of fused-ring (bicyclic) bond motifs is 1. The highest BCUT2D eigenvalue weighted by atomic mass is 35.5. The van der Waals surface area contributed by atoms with Crippen molar-refractivity contribution in [1.29, 1.82) is 0 Å². The molecule has 3 rings (SSSR count). The molecule has 0 amide bonds. The number of aromatic amines is 1. The molecule has 2 aromatic rings. The van der Waals surface area contributed by atoms with E-state index in [2.05, 4.69) is 21.4 Å². The van der Waals surface area contributed by atoms with Crippen LogP contribution >= 0.6 is 11.6 Å². The minimum Gasteiger partial charge on any atom is -0.356 e. The van der Waals surface area contributed by atoms with Crippen LogP contribution in [-0.2, 0) is 0 Å². The lowest BCUT2D eigenvalue weighted by atomic mass is 9.80. The molecule has 1 fully saturated rings. The van der Waals surface area contributed by atoms with E-state index in [0.717, 1.165) is 29.4 Å². The molecule has 2 N–H and O–H groups in total. The lowest BCUT2D eigenvalue weighted by molar-refractivity contribution is 0.271. The SMILES string of the molecule is ClCC1CCCCC1CNc1nc2ccccc2[nH]1. The number of nitrogens with zero attached hydrogens (tertiary/aromatic N) is 1. The maximum Gasteiger partial charge on any atom is 0.201 e. The molecule has 0 radical (unpaired) electrons. The standard InChI is InChI=1S/C15H20ClN3/c16-9-11-5-1-2-6-12(11)10-17-15-18-13-7-3-4-8-14(13)19-15/h3-4,7-8,11-12H,1-2,5-6,9-10H2,(H2,17,18,19). The third-order valence-electron chi connectivity index (χ3n) is 4.19. The van der Waals surface area contributed by atoms with Crippen LogP contribution in [0.15, 0.2) is 24.3 Å². The zero-order chi connectivity index (χ0) is 13.1. The minimum absolute atomic E-state index is 0.660. The number of imidazole rings is 1. The Balaban J connectivity index is 1.64. The number of aromatic nitrogens is 2. The molecule has 2 atom stereocenters. The summed E-state index contributed by atoms with van der Waals surface area (Å²) in [6.07, 6.45) is 5.22. The van der Waals surface area contributed by atoms with Gasteiger partial charge in [-0.2, -0.15) is 0 Å². The van der Waals surface area contributed by atoms with Crippen LogP contribution in [-0.4, -0.2) is 22.4 Å². The van der Waals surface area contributed by atoms with Crippen molar-refractivity contribution in [1.82, 2.24) is 9.97 Å². The highest BCUT2D eigenvalue weighted by molar-refractivity contribution is 6.18. The Bertz CT molecular complexity index is 504. The zero-order valence-corrected chi connectivity index (χ0v) is 11.8. The van der Waals surface area contributed by atoms with Crippen molar-refractivity contribution in [2.24, 2.45) is 11.8 Å². The number of hydrogen-bond acceptors (Lipinski definition) is 2. The number of rotatable bonds is 4. The van der Waals surface area contributed by atoms with Gasteiger partial charge in [-0.05, 0) is 36.8 Å². The Hall–Kier alpha value is -1.22. The smallest absolute Gasteiger partial charge is 0.201 e. The molecule has 0 aliphatic heterocycles. The quantitative estimate of drug-likeness (QED) is 0.829. The van der Waals surface area contributed by atoms with Crippen molar-refractivity contribution in [3.8, 4) is 0 Å². The summed E-state index contributed by atoms with van der Waals surface area (Å²) in [5.41, 5.74) is 2.10. The van der Waals surface area contributed by atoms with Crippen LogP contribution in [0.4, 0.5) is 5.95 Å². The van der Waals surface area contributed by atoms with E-state index in [1.165, 1.54) is 25.7 Å². The van der Waals surface area contributed by atoms with Crippen molar-refractivity contribution in [2.45, 2.75) is 25.7 Å². The zero-order valence-electron chi connectivity index (χ0n) is 11.0. The molecule has 19 heavy (non-hydrogen) atoms.